The zero-order chi connectivity index (χ0) is 11.4. The van der Waals surface area contributed by atoms with Gasteiger partial charge in [-0.2, -0.15) is 5.10 Å². The van der Waals surface area contributed by atoms with Gasteiger partial charge in [0.2, 0.25) is 0 Å². The van der Waals surface area contributed by atoms with E-state index in [9.17, 15) is 0 Å². The molecule has 1 saturated carbocycles. The third-order valence-corrected chi connectivity index (χ3v) is 4.97. The van der Waals surface area contributed by atoms with Crippen LogP contribution in [0.5, 0.6) is 0 Å². The third kappa shape index (κ3) is 3.09. The summed E-state index contributed by atoms with van der Waals surface area (Å²) in [7, 11) is 2.04. The maximum absolute atomic E-state index is 4.22. The third-order valence-electron chi connectivity index (χ3n) is 3.76. The van der Waals surface area contributed by atoms with Gasteiger partial charge in [0.1, 0.15) is 0 Å². The summed E-state index contributed by atoms with van der Waals surface area (Å²) in [6, 6.07) is 2.14. The van der Waals surface area contributed by atoms with Gasteiger partial charge in [0.05, 0.1) is 0 Å². The standard InChI is InChI=1S/C13H21BrN2/c1-16-12(9-10-15-16)8-7-11-5-3-2-4-6-13(11)14/h9-11,13H,2-8H2,1H3. The molecular weight excluding hydrogens is 264 g/mol. The van der Waals surface area contributed by atoms with Crippen LogP contribution in [0.4, 0.5) is 0 Å². The Labute approximate surface area is 107 Å². The number of hydrogen-bond acceptors (Lipinski definition) is 1. The first-order valence-electron chi connectivity index (χ1n) is 6.38. The van der Waals surface area contributed by atoms with Crippen LogP contribution in [0.15, 0.2) is 12.3 Å². The Hall–Kier alpha value is -0.310. The molecule has 0 aromatic carbocycles. The van der Waals surface area contributed by atoms with Crippen molar-refractivity contribution >= 4 is 15.9 Å². The zero-order valence-electron chi connectivity index (χ0n) is 10.0. The quantitative estimate of drug-likeness (QED) is 0.611. The minimum absolute atomic E-state index is 0.739. The fourth-order valence-corrected chi connectivity index (χ4v) is 3.50. The van der Waals surface area contributed by atoms with E-state index in [2.05, 4.69) is 27.1 Å². The fraction of sp³-hybridized carbons (Fsp3) is 0.769. The number of hydrogen-bond donors (Lipinski definition) is 0. The second-order valence-corrected chi connectivity index (χ2v) is 6.08. The first kappa shape index (κ1) is 12.2. The van der Waals surface area contributed by atoms with Crippen molar-refractivity contribution in [2.45, 2.75) is 49.8 Å². The summed E-state index contributed by atoms with van der Waals surface area (Å²) in [6.45, 7) is 0. The minimum atomic E-state index is 0.739. The fourth-order valence-electron chi connectivity index (χ4n) is 2.64. The molecule has 2 nitrogen and oxygen atoms in total. The molecule has 1 fully saturated rings. The Bertz CT molecular complexity index is 321. The predicted molar refractivity (Wildman–Crippen MR) is 70.8 cm³/mol. The summed E-state index contributed by atoms with van der Waals surface area (Å²) in [5, 5.41) is 4.22. The molecule has 0 bridgehead atoms. The molecule has 1 aliphatic rings. The Morgan fingerprint density at radius 2 is 2.19 bits per heavy atom. The van der Waals surface area contributed by atoms with Gasteiger partial charge in [0.25, 0.3) is 0 Å². The van der Waals surface area contributed by atoms with E-state index in [1.165, 1.54) is 50.6 Å². The van der Waals surface area contributed by atoms with Crippen molar-refractivity contribution < 1.29 is 0 Å². The Morgan fingerprint density at radius 1 is 1.38 bits per heavy atom. The molecule has 1 aromatic rings. The molecule has 1 aliphatic carbocycles. The van der Waals surface area contributed by atoms with Crippen molar-refractivity contribution in [3.05, 3.63) is 18.0 Å². The van der Waals surface area contributed by atoms with Crippen LogP contribution < -0.4 is 0 Å². The summed E-state index contributed by atoms with van der Waals surface area (Å²) in [6.07, 6.45) is 11.4. The molecule has 0 spiro atoms. The van der Waals surface area contributed by atoms with E-state index in [0.717, 1.165) is 10.7 Å². The van der Waals surface area contributed by atoms with Gasteiger partial charge < -0.3 is 0 Å². The topological polar surface area (TPSA) is 17.8 Å². The number of nitrogens with zero attached hydrogens (tertiary/aromatic N) is 2. The molecule has 0 amide bonds. The molecule has 16 heavy (non-hydrogen) atoms. The Morgan fingerprint density at radius 3 is 2.94 bits per heavy atom. The van der Waals surface area contributed by atoms with Crippen LogP contribution in [-0.2, 0) is 13.5 Å². The first-order chi connectivity index (χ1) is 7.77. The first-order valence-corrected chi connectivity index (χ1v) is 7.30. The molecule has 0 N–H and O–H groups in total. The van der Waals surface area contributed by atoms with Gasteiger partial charge >= 0.3 is 0 Å². The summed E-state index contributed by atoms with van der Waals surface area (Å²) in [5.41, 5.74) is 1.36. The number of aromatic nitrogens is 2. The van der Waals surface area contributed by atoms with Crippen LogP contribution in [0.25, 0.3) is 0 Å². The average molecular weight is 285 g/mol. The van der Waals surface area contributed by atoms with Crippen molar-refractivity contribution in [2.24, 2.45) is 13.0 Å². The van der Waals surface area contributed by atoms with Crippen LogP contribution in [0, 0.1) is 5.92 Å². The zero-order valence-corrected chi connectivity index (χ0v) is 11.6. The highest BCUT2D eigenvalue weighted by Gasteiger charge is 2.21. The van der Waals surface area contributed by atoms with Crippen LogP contribution in [0.2, 0.25) is 0 Å². The number of halogens is 1. The van der Waals surface area contributed by atoms with Gasteiger partial charge in [-0.05, 0) is 37.7 Å². The maximum Gasteiger partial charge on any atom is 0.0492 e. The highest BCUT2D eigenvalue weighted by Crippen LogP contribution is 2.31. The van der Waals surface area contributed by atoms with Crippen LogP contribution in [0.1, 0.15) is 44.2 Å². The number of alkyl halides is 1. The summed E-state index contributed by atoms with van der Waals surface area (Å²) < 4.78 is 2.00. The second kappa shape index (κ2) is 5.85. The van der Waals surface area contributed by atoms with Crippen LogP contribution in [0.3, 0.4) is 0 Å². The van der Waals surface area contributed by atoms with E-state index in [1.54, 1.807) is 0 Å². The molecule has 2 unspecified atom stereocenters. The molecule has 2 atom stereocenters. The van der Waals surface area contributed by atoms with Crippen molar-refractivity contribution in [2.75, 3.05) is 0 Å². The van der Waals surface area contributed by atoms with Gasteiger partial charge in [0.15, 0.2) is 0 Å². The van der Waals surface area contributed by atoms with Crippen molar-refractivity contribution in [3.63, 3.8) is 0 Å². The van der Waals surface area contributed by atoms with E-state index in [4.69, 9.17) is 0 Å². The van der Waals surface area contributed by atoms with E-state index >= 15 is 0 Å². The lowest BCUT2D eigenvalue weighted by Crippen LogP contribution is -2.14. The van der Waals surface area contributed by atoms with Crippen molar-refractivity contribution in [3.8, 4) is 0 Å². The lowest BCUT2D eigenvalue weighted by Gasteiger charge is -2.19. The molecule has 0 aliphatic heterocycles. The lowest BCUT2D eigenvalue weighted by atomic mass is 9.94. The summed E-state index contributed by atoms with van der Waals surface area (Å²) in [5.74, 6) is 0.859. The molecule has 0 radical (unpaired) electrons. The molecule has 3 heteroatoms. The smallest absolute Gasteiger partial charge is 0.0492 e. The summed E-state index contributed by atoms with van der Waals surface area (Å²) >= 11 is 3.87. The van der Waals surface area contributed by atoms with E-state index in [-0.39, 0.29) is 0 Å². The SMILES string of the molecule is Cn1nccc1CCC1CCCCCC1Br. The maximum atomic E-state index is 4.22. The van der Waals surface area contributed by atoms with Gasteiger partial charge in [-0.1, -0.05) is 35.2 Å². The highest BCUT2D eigenvalue weighted by molar-refractivity contribution is 9.09. The number of aryl methyl sites for hydroxylation is 2. The largest absolute Gasteiger partial charge is 0.273 e. The Balaban J connectivity index is 1.86. The van der Waals surface area contributed by atoms with E-state index < -0.39 is 0 Å². The molecule has 90 valence electrons. The average Bonchev–Trinajstić information content (AvgIpc) is 2.56. The summed E-state index contributed by atoms with van der Waals surface area (Å²) in [4.78, 5) is 0.739. The number of rotatable bonds is 3. The van der Waals surface area contributed by atoms with Crippen LogP contribution in [-0.4, -0.2) is 14.6 Å². The van der Waals surface area contributed by atoms with Crippen molar-refractivity contribution in [1.29, 1.82) is 0 Å². The van der Waals surface area contributed by atoms with Crippen molar-refractivity contribution in [1.82, 2.24) is 9.78 Å². The molecule has 2 rings (SSSR count). The normalized spacial score (nSPS) is 26.6. The minimum Gasteiger partial charge on any atom is -0.273 e. The highest BCUT2D eigenvalue weighted by atomic mass is 79.9. The second-order valence-electron chi connectivity index (χ2n) is 4.90. The molecule has 1 aromatic heterocycles. The monoisotopic (exact) mass is 284 g/mol. The van der Waals surface area contributed by atoms with Gasteiger partial charge in [-0.3, -0.25) is 4.68 Å². The van der Waals surface area contributed by atoms with Gasteiger partial charge in [-0.15, -0.1) is 0 Å². The molecule has 1 heterocycles. The predicted octanol–water partition coefficient (Wildman–Crippen LogP) is 3.70. The van der Waals surface area contributed by atoms with Gasteiger partial charge in [0, 0.05) is 23.8 Å². The van der Waals surface area contributed by atoms with Crippen LogP contribution >= 0.6 is 15.9 Å². The molecular formula is C13H21BrN2. The van der Waals surface area contributed by atoms with E-state index in [1.807, 2.05) is 17.9 Å². The molecule has 0 saturated heterocycles. The van der Waals surface area contributed by atoms with E-state index in [0.29, 0.717) is 0 Å². The lowest BCUT2D eigenvalue weighted by molar-refractivity contribution is 0.438. The van der Waals surface area contributed by atoms with Gasteiger partial charge in [-0.25, -0.2) is 0 Å². The Kier molecular flexibility index (Phi) is 4.45.